The van der Waals surface area contributed by atoms with Gasteiger partial charge in [-0.15, -0.1) is 0 Å². The number of benzene rings is 2. The third-order valence-corrected chi connectivity index (χ3v) is 3.20. The van der Waals surface area contributed by atoms with Crippen LogP contribution in [0.3, 0.4) is 0 Å². The molecule has 0 aromatic heterocycles. The second-order valence-corrected chi connectivity index (χ2v) is 4.60. The first kappa shape index (κ1) is 12.6. The van der Waals surface area contributed by atoms with Crippen LogP contribution in [0, 0.1) is 0 Å². The Morgan fingerprint density at radius 1 is 1.10 bits per heavy atom. The van der Waals surface area contributed by atoms with Crippen LogP contribution in [-0.4, -0.2) is 17.7 Å². The van der Waals surface area contributed by atoms with Crippen molar-refractivity contribution in [2.24, 2.45) is 10.1 Å². The minimum atomic E-state index is -0.120. The lowest BCUT2D eigenvalue weighted by Gasteiger charge is -2.01. The van der Waals surface area contributed by atoms with Gasteiger partial charge in [-0.05, 0) is 24.3 Å². The lowest BCUT2D eigenvalue weighted by Crippen LogP contribution is -2.11. The predicted octanol–water partition coefficient (Wildman–Crippen LogP) is 3.71. The molecule has 1 heterocycles. The Morgan fingerprint density at radius 2 is 1.85 bits per heavy atom. The number of hydrogen-bond donors (Lipinski definition) is 1. The summed E-state index contributed by atoms with van der Waals surface area (Å²) in [5.41, 5.74) is 5.06. The summed E-state index contributed by atoms with van der Waals surface area (Å²) in [4.78, 5) is 16.3. The number of aliphatic imine (C=N–C) groups is 1. The fourth-order valence-electron chi connectivity index (χ4n) is 1.88. The predicted molar refractivity (Wildman–Crippen MR) is 81.4 cm³/mol. The summed E-state index contributed by atoms with van der Waals surface area (Å²) in [7, 11) is 0. The van der Waals surface area contributed by atoms with Crippen molar-refractivity contribution in [1.82, 2.24) is 0 Å². The minimum absolute atomic E-state index is 0.120. The molecule has 0 aliphatic carbocycles. The van der Waals surface area contributed by atoms with Gasteiger partial charge in [-0.25, -0.2) is 4.99 Å². The number of hydrazone groups is 1. The van der Waals surface area contributed by atoms with Crippen LogP contribution in [0.4, 0.5) is 11.4 Å². The fraction of sp³-hybridized carbons (Fsp3) is 0. The molecule has 5 heteroatoms. The Hall–Kier alpha value is -2.46. The molecule has 0 unspecified atom stereocenters. The number of rotatable bonds is 3. The number of hydrogen-bond acceptors (Lipinski definition) is 4. The molecule has 0 saturated heterocycles. The average molecular weight is 284 g/mol. The highest BCUT2D eigenvalue weighted by Gasteiger charge is 2.22. The second-order valence-electron chi connectivity index (χ2n) is 4.19. The molecule has 0 atom stereocenters. The van der Waals surface area contributed by atoms with Gasteiger partial charge in [0, 0.05) is 5.56 Å². The zero-order valence-electron chi connectivity index (χ0n) is 10.4. The van der Waals surface area contributed by atoms with Gasteiger partial charge in [-0.2, -0.15) is 5.10 Å². The van der Waals surface area contributed by atoms with Crippen LogP contribution < -0.4 is 5.43 Å². The van der Waals surface area contributed by atoms with Crippen molar-refractivity contribution in [3.63, 3.8) is 0 Å². The van der Waals surface area contributed by atoms with Gasteiger partial charge in [0.15, 0.2) is 0 Å². The number of anilines is 1. The van der Waals surface area contributed by atoms with Crippen molar-refractivity contribution in [3.05, 3.63) is 59.1 Å². The first-order valence-corrected chi connectivity index (χ1v) is 6.39. The number of nitrogens with one attached hydrogen (secondary N) is 1. The molecule has 1 aliphatic heterocycles. The van der Waals surface area contributed by atoms with Gasteiger partial charge in [-0.1, -0.05) is 35.9 Å². The largest absolute Gasteiger partial charge is 0.287 e. The lowest BCUT2D eigenvalue weighted by molar-refractivity contribution is 0.107. The minimum Gasteiger partial charge on any atom is -0.287 e. The number of Topliss-reactive ketones (excluding diaryl/α,β-unsaturated/α-hetero) is 1. The summed E-state index contributed by atoms with van der Waals surface area (Å²) in [5.74, 6) is -0.120. The lowest BCUT2D eigenvalue weighted by atomic mass is 10.1. The molecule has 1 aliphatic rings. The molecule has 3 rings (SSSR count). The molecular formula is C15H10ClN3O. The molecule has 2 aromatic rings. The van der Waals surface area contributed by atoms with E-state index in [-0.39, 0.29) is 5.78 Å². The molecule has 0 radical (unpaired) electrons. The number of carbonyl (C=O) groups is 1. The molecular weight excluding hydrogens is 274 g/mol. The van der Waals surface area contributed by atoms with Gasteiger partial charge in [-0.3, -0.25) is 10.2 Å². The van der Waals surface area contributed by atoms with Gasteiger partial charge in [0.25, 0.3) is 0 Å². The molecule has 1 N–H and O–H groups in total. The fourth-order valence-corrected chi connectivity index (χ4v) is 2.06. The average Bonchev–Trinajstić information content (AvgIpc) is 2.78. The Kier molecular flexibility index (Phi) is 3.31. The van der Waals surface area contributed by atoms with Gasteiger partial charge in [0.2, 0.25) is 5.78 Å². The van der Waals surface area contributed by atoms with E-state index >= 15 is 0 Å². The van der Waals surface area contributed by atoms with Crippen molar-refractivity contribution >= 4 is 40.7 Å². The number of nitrogens with zero attached hydrogens (tertiary/aromatic N) is 2. The highest BCUT2D eigenvalue weighted by Crippen LogP contribution is 2.25. The van der Waals surface area contributed by atoms with Crippen molar-refractivity contribution in [3.8, 4) is 0 Å². The number of carbonyl (C=O) groups excluding carboxylic acids is 1. The maximum atomic E-state index is 12.0. The zero-order valence-corrected chi connectivity index (χ0v) is 11.1. The Morgan fingerprint density at radius 3 is 2.65 bits per heavy atom. The first-order chi connectivity index (χ1) is 9.75. The topological polar surface area (TPSA) is 53.8 Å². The number of para-hydroxylation sites is 2. The summed E-state index contributed by atoms with van der Waals surface area (Å²) in [5, 5.41) is 4.57. The highest BCUT2D eigenvalue weighted by atomic mass is 35.5. The van der Waals surface area contributed by atoms with E-state index in [0.29, 0.717) is 27.7 Å². The maximum absolute atomic E-state index is 12.0. The van der Waals surface area contributed by atoms with Gasteiger partial charge < -0.3 is 0 Å². The van der Waals surface area contributed by atoms with Crippen molar-refractivity contribution < 1.29 is 4.79 Å². The Bertz CT molecular complexity index is 737. The van der Waals surface area contributed by atoms with Crippen LogP contribution in [-0.2, 0) is 0 Å². The molecule has 4 nitrogen and oxygen atoms in total. The van der Waals surface area contributed by atoms with E-state index in [1.54, 1.807) is 24.3 Å². The SMILES string of the molecule is O=C1C(/C=N\Nc2ccccc2Cl)=Nc2ccccc21. The molecule has 0 amide bonds. The quantitative estimate of drug-likeness (QED) is 0.690. The molecule has 0 spiro atoms. The summed E-state index contributed by atoms with van der Waals surface area (Å²) in [6, 6.07) is 14.4. The summed E-state index contributed by atoms with van der Waals surface area (Å²) in [6.45, 7) is 0. The molecule has 2 aromatic carbocycles. The molecule has 0 fully saturated rings. The summed E-state index contributed by atoms with van der Waals surface area (Å²) in [6.07, 6.45) is 1.41. The molecule has 0 bridgehead atoms. The molecule has 20 heavy (non-hydrogen) atoms. The third kappa shape index (κ3) is 2.33. The van der Waals surface area contributed by atoms with E-state index in [9.17, 15) is 4.79 Å². The van der Waals surface area contributed by atoms with Gasteiger partial charge >= 0.3 is 0 Å². The Balaban J connectivity index is 1.76. The van der Waals surface area contributed by atoms with E-state index in [1.165, 1.54) is 6.21 Å². The van der Waals surface area contributed by atoms with Crippen LogP contribution in [0.25, 0.3) is 0 Å². The second kappa shape index (κ2) is 5.27. The van der Waals surface area contributed by atoms with Crippen LogP contribution >= 0.6 is 11.6 Å². The normalized spacial score (nSPS) is 13.4. The maximum Gasteiger partial charge on any atom is 0.215 e. The van der Waals surface area contributed by atoms with Gasteiger partial charge in [0.1, 0.15) is 5.71 Å². The van der Waals surface area contributed by atoms with Crippen LogP contribution in [0.1, 0.15) is 10.4 Å². The zero-order chi connectivity index (χ0) is 13.9. The summed E-state index contributed by atoms with van der Waals surface area (Å²) < 4.78 is 0. The van der Waals surface area contributed by atoms with E-state index < -0.39 is 0 Å². The van der Waals surface area contributed by atoms with E-state index in [2.05, 4.69) is 15.5 Å². The standard InChI is InChI=1S/C15H10ClN3O/c16-11-6-2-4-8-13(11)19-17-9-14-15(20)10-5-1-3-7-12(10)18-14/h1-9,19H/b17-9-. The monoisotopic (exact) mass is 283 g/mol. The first-order valence-electron chi connectivity index (χ1n) is 6.02. The van der Waals surface area contributed by atoms with E-state index in [0.717, 1.165) is 0 Å². The Labute approximate surface area is 120 Å². The van der Waals surface area contributed by atoms with Crippen molar-refractivity contribution in [1.29, 1.82) is 0 Å². The molecule has 0 saturated carbocycles. The number of halogens is 1. The number of ketones is 1. The smallest absolute Gasteiger partial charge is 0.215 e. The van der Waals surface area contributed by atoms with Crippen LogP contribution in [0.5, 0.6) is 0 Å². The highest BCUT2D eigenvalue weighted by molar-refractivity contribution is 6.67. The van der Waals surface area contributed by atoms with Crippen LogP contribution in [0.2, 0.25) is 5.02 Å². The number of fused-ring (bicyclic) bond motifs is 1. The molecule has 98 valence electrons. The van der Waals surface area contributed by atoms with Crippen LogP contribution in [0.15, 0.2) is 58.6 Å². The third-order valence-electron chi connectivity index (χ3n) is 2.87. The van der Waals surface area contributed by atoms with E-state index in [4.69, 9.17) is 11.6 Å². The van der Waals surface area contributed by atoms with Gasteiger partial charge in [0.05, 0.1) is 22.6 Å². The van der Waals surface area contributed by atoms with E-state index in [1.807, 2.05) is 24.3 Å². The van der Waals surface area contributed by atoms with Crippen molar-refractivity contribution in [2.75, 3.05) is 5.43 Å². The summed E-state index contributed by atoms with van der Waals surface area (Å²) >= 11 is 5.99. The van der Waals surface area contributed by atoms with Crippen molar-refractivity contribution in [2.45, 2.75) is 0 Å².